The van der Waals surface area contributed by atoms with Crippen LogP contribution in [0, 0.1) is 12.8 Å². The number of carbonyl (C=O) groups is 1. The summed E-state index contributed by atoms with van der Waals surface area (Å²) in [5.41, 5.74) is 1.36. The fourth-order valence-electron chi connectivity index (χ4n) is 2.51. The number of amides is 1. The third-order valence-corrected chi connectivity index (χ3v) is 4.14. The van der Waals surface area contributed by atoms with Crippen molar-refractivity contribution in [3.8, 4) is 11.5 Å². The molecule has 1 heterocycles. The van der Waals surface area contributed by atoms with Crippen molar-refractivity contribution < 1.29 is 18.7 Å². The Kier molecular flexibility index (Phi) is 4.74. The number of nitrogens with one attached hydrogen (secondary N) is 1. The van der Waals surface area contributed by atoms with Crippen molar-refractivity contribution >= 4 is 5.91 Å². The maximum absolute atomic E-state index is 12.1. The van der Waals surface area contributed by atoms with E-state index in [2.05, 4.69) is 10.3 Å². The van der Waals surface area contributed by atoms with Gasteiger partial charge in [0.25, 0.3) is 5.91 Å². The third kappa shape index (κ3) is 3.88. The quantitative estimate of drug-likeness (QED) is 0.844. The van der Waals surface area contributed by atoms with Crippen LogP contribution in [0.3, 0.4) is 0 Å². The summed E-state index contributed by atoms with van der Waals surface area (Å²) < 4.78 is 16.3. The van der Waals surface area contributed by atoms with Crippen LogP contribution in [0.4, 0.5) is 0 Å². The summed E-state index contributed by atoms with van der Waals surface area (Å²) in [7, 11) is 1.59. The van der Waals surface area contributed by atoms with Gasteiger partial charge in [0.05, 0.1) is 7.11 Å². The fraction of sp³-hybridized carbons (Fsp3) is 0.444. The van der Waals surface area contributed by atoms with Crippen molar-refractivity contribution in [2.24, 2.45) is 5.92 Å². The van der Waals surface area contributed by atoms with Crippen LogP contribution in [0.25, 0.3) is 0 Å². The van der Waals surface area contributed by atoms with Gasteiger partial charge in [-0.25, -0.2) is 4.98 Å². The van der Waals surface area contributed by atoms with Crippen LogP contribution in [-0.2, 0) is 6.61 Å². The molecule has 0 spiro atoms. The number of aromatic nitrogens is 1. The predicted molar refractivity (Wildman–Crippen MR) is 88.2 cm³/mol. The van der Waals surface area contributed by atoms with Gasteiger partial charge >= 0.3 is 0 Å². The molecule has 1 aromatic carbocycles. The molecule has 1 unspecified atom stereocenters. The van der Waals surface area contributed by atoms with E-state index < -0.39 is 0 Å². The van der Waals surface area contributed by atoms with E-state index in [-0.39, 0.29) is 24.2 Å². The average Bonchev–Trinajstić information content (AvgIpc) is 3.32. The molecule has 0 bridgehead atoms. The smallest absolute Gasteiger partial charge is 0.273 e. The van der Waals surface area contributed by atoms with Crippen molar-refractivity contribution in [3.05, 3.63) is 41.6 Å². The number of hydrogen-bond donors (Lipinski definition) is 1. The molecule has 24 heavy (non-hydrogen) atoms. The van der Waals surface area contributed by atoms with Gasteiger partial charge in [-0.2, -0.15) is 0 Å². The highest BCUT2D eigenvalue weighted by Gasteiger charge is 2.29. The Bertz CT molecular complexity index is 722. The van der Waals surface area contributed by atoms with E-state index in [4.69, 9.17) is 13.9 Å². The van der Waals surface area contributed by atoms with Crippen molar-refractivity contribution in [1.82, 2.24) is 10.3 Å². The first-order valence-electron chi connectivity index (χ1n) is 8.09. The molecule has 6 heteroatoms. The van der Waals surface area contributed by atoms with Gasteiger partial charge in [-0.1, -0.05) is 6.07 Å². The topological polar surface area (TPSA) is 73.6 Å². The zero-order valence-electron chi connectivity index (χ0n) is 14.2. The lowest BCUT2D eigenvalue weighted by molar-refractivity contribution is 0.0930. The number of methoxy groups -OCH3 is 1. The van der Waals surface area contributed by atoms with Crippen LogP contribution in [0.2, 0.25) is 0 Å². The van der Waals surface area contributed by atoms with Crippen LogP contribution in [0.1, 0.15) is 41.7 Å². The molecule has 1 fully saturated rings. The Morgan fingerprint density at radius 3 is 2.92 bits per heavy atom. The lowest BCUT2D eigenvalue weighted by Crippen LogP contribution is -2.34. The SMILES string of the molecule is COc1cc(C)ccc1OCc1nc(C(=O)NC(C)C2CC2)co1. The molecular formula is C18H22N2O4. The van der Waals surface area contributed by atoms with Gasteiger partial charge in [0.2, 0.25) is 5.89 Å². The second-order valence-corrected chi connectivity index (χ2v) is 6.17. The van der Waals surface area contributed by atoms with Gasteiger partial charge in [0, 0.05) is 6.04 Å². The summed E-state index contributed by atoms with van der Waals surface area (Å²) >= 11 is 0. The number of benzene rings is 1. The van der Waals surface area contributed by atoms with Crippen LogP contribution >= 0.6 is 0 Å². The van der Waals surface area contributed by atoms with Gasteiger partial charge in [-0.15, -0.1) is 0 Å². The molecule has 2 aromatic rings. The average molecular weight is 330 g/mol. The molecule has 1 aromatic heterocycles. The summed E-state index contributed by atoms with van der Waals surface area (Å²) in [6.07, 6.45) is 3.72. The number of ether oxygens (including phenoxy) is 2. The largest absolute Gasteiger partial charge is 0.493 e. The standard InChI is InChI=1S/C18H22N2O4/c1-11-4-7-15(16(8-11)22-3)23-10-17-20-14(9-24-17)18(21)19-12(2)13-5-6-13/h4,7-9,12-13H,5-6,10H2,1-3H3,(H,19,21). The van der Waals surface area contributed by atoms with Crippen LogP contribution in [-0.4, -0.2) is 24.0 Å². The van der Waals surface area contributed by atoms with Gasteiger partial charge < -0.3 is 19.2 Å². The van der Waals surface area contributed by atoms with Crippen molar-refractivity contribution in [3.63, 3.8) is 0 Å². The molecule has 3 rings (SSSR count). The van der Waals surface area contributed by atoms with E-state index in [0.717, 1.165) is 5.56 Å². The van der Waals surface area contributed by atoms with Crippen LogP contribution < -0.4 is 14.8 Å². The monoisotopic (exact) mass is 330 g/mol. The van der Waals surface area contributed by atoms with Crippen LogP contribution in [0.15, 0.2) is 28.9 Å². The number of aryl methyl sites for hydroxylation is 1. The van der Waals surface area contributed by atoms with E-state index in [1.165, 1.54) is 19.1 Å². The molecular weight excluding hydrogens is 308 g/mol. The zero-order valence-corrected chi connectivity index (χ0v) is 14.2. The van der Waals surface area contributed by atoms with Crippen molar-refractivity contribution in [2.75, 3.05) is 7.11 Å². The molecule has 6 nitrogen and oxygen atoms in total. The number of oxazole rings is 1. The molecule has 1 aliphatic carbocycles. The number of nitrogens with zero attached hydrogens (tertiary/aromatic N) is 1. The van der Waals surface area contributed by atoms with E-state index in [1.807, 2.05) is 32.0 Å². The summed E-state index contributed by atoms with van der Waals surface area (Å²) in [4.78, 5) is 16.3. The van der Waals surface area contributed by atoms with Gasteiger partial charge in [0.1, 0.15) is 6.26 Å². The number of hydrogen-bond acceptors (Lipinski definition) is 5. The minimum Gasteiger partial charge on any atom is -0.493 e. The first-order valence-corrected chi connectivity index (χ1v) is 8.09. The van der Waals surface area contributed by atoms with E-state index in [1.54, 1.807) is 7.11 Å². The highest BCUT2D eigenvalue weighted by atomic mass is 16.5. The lowest BCUT2D eigenvalue weighted by Gasteiger charge is -2.10. The Hall–Kier alpha value is -2.50. The summed E-state index contributed by atoms with van der Waals surface area (Å²) in [6, 6.07) is 5.84. The fourth-order valence-corrected chi connectivity index (χ4v) is 2.51. The maximum atomic E-state index is 12.1. The maximum Gasteiger partial charge on any atom is 0.273 e. The van der Waals surface area contributed by atoms with Crippen molar-refractivity contribution in [2.45, 2.75) is 39.3 Å². The first kappa shape index (κ1) is 16.4. The Balaban J connectivity index is 1.58. The Morgan fingerprint density at radius 2 is 2.21 bits per heavy atom. The minimum absolute atomic E-state index is 0.130. The van der Waals surface area contributed by atoms with Gasteiger partial charge in [-0.05, 0) is 50.3 Å². The van der Waals surface area contributed by atoms with Crippen molar-refractivity contribution in [1.29, 1.82) is 0 Å². The summed E-state index contributed by atoms with van der Waals surface area (Å²) in [6.45, 7) is 4.13. The third-order valence-electron chi connectivity index (χ3n) is 4.14. The second kappa shape index (κ2) is 6.95. The van der Waals surface area contributed by atoms with E-state index in [9.17, 15) is 4.79 Å². The molecule has 1 amide bonds. The predicted octanol–water partition coefficient (Wildman–Crippen LogP) is 3.10. The summed E-state index contributed by atoms with van der Waals surface area (Å²) in [5.74, 6) is 1.99. The molecule has 0 radical (unpaired) electrons. The Labute approximate surface area is 141 Å². The normalized spacial score (nSPS) is 15.0. The first-order chi connectivity index (χ1) is 11.6. The number of carbonyl (C=O) groups excluding carboxylic acids is 1. The molecule has 1 saturated carbocycles. The lowest BCUT2D eigenvalue weighted by atomic mass is 10.2. The van der Waals surface area contributed by atoms with E-state index >= 15 is 0 Å². The molecule has 0 saturated heterocycles. The van der Waals surface area contributed by atoms with Gasteiger partial charge in [0.15, 0.2) is 23.8 Å². The Morgan fingerprint density at radius 1 is 1.42 bits per heavy atom. The minimum atomic E-state index is -0.211. The molecule has 1 aliphatic rings. The molecule has 128 valence electrons. The summed E-state index contributed by atoms with van der Waals surface area (Å²) in [5, 5.41) is 2.95. The highest BCUT2D eigenvalue weighted by Crippen LogP contribution is 2.32. The molecule has 0 aliphatic heterocycles. The number of rotatable bonds is 7. The van der Waals surface area contributed by atoms with E-state index in [0.29, 0.717) is 23.3 Å². The molecule has 1 N–H and O–H groups in total. The molecule has 1 atom stereocenters. The highest BCUT2D eigenvalue weighted by molar-refractivity contribution is 5.92. The second-order valence-electron chi connectivity index (χ2n) is 6.17. The van der Waals surface area contributed by atoms with Gasteiger partial charge in [-0.3, -0.25) is 4.79 Å². The van der Waals surface area contributed by atoms with Crippen LogP contribution in [0.5, 0.6) is 11.5 Å². The zero-order chi connectivity index (χ0) is 17.1.